The molecule has 0 atom stereocenters. The Hall–Kier alpha value is -4.43. The molecule has 0 fully saturated rings. The third-order valence-electron chi connectivity index (χ3n) is 8.77. The lowest BCUT2D eigenvalue weighted by atomic mass is 9.89. The molecule has 0 unspecified atom stereocenters. The SMILES string of the molecule is Cc1c2ccccc2c(CC(C)C)c2c1c1c3c(ccc4c5c(-c6ccccc6)cccc5n2c43)cc[n+]1C. The average molecular weight is 504 g/mol. The highest BCUT2D eigenvalue weighted by atomic mass is 15.0. The largest absolute Gasteiger partial charge is 0.307 e. The molecule has 5 aromatic carbocycles. The molecule has 0 saturated carbocycles. The van der Waals surface area contributed by atoms with Crippen LogP contribution in [0.4, 0.5) is 0 Å². The van der Waals surface area contributed by atoms with E-state index in [4.69, 9.17) is 0 Å². The summed E-state index contributed by atoms with van der Waals surface area (Å²) >= 11 is 0. The van der Waals surface area contributed by atoms with Gasteiger partial charge >= 0.3 is 0 Å². The zero-order chi connectivity index (χ0) is 26.4. The highest BCUT2D eigenvalue weighted by Crippen LogP contribution is 2.46. The first-order chi connectivity index (χ1) is 19.0. The second-order valence-corrected chi connectivity index (χ2v) is 11.6. The van der Waals surface area contributed by atoms with E-state index < -0.39 is 0 Å². The highest BCUT2D eigenvalue weighted by Gasteiger charge is 2.27. The topological polar surface area (TPSA) is 8.29 Å². The van der Waals surface area contributed by atoms with Gasteiger partial charge in [-0.25, -0.2) is 4.57 Å². The minimum absolute atomic E-state index is 0.541. The molecule has 0 saturated heterocycles. The summed E-state index contributed by atoms with van der Waals surface area (Å²) in [6.07, 6.45) is 3.27. The molecule has 0 aliphatic carbocycles. The van der Waals surface area contributed by atoms with Gasteiger partial charge in [0.25, 0.3) is 0 Å². The van der Waals surface area contributed by atoms with Crippen LogP contribution in [0.1, 0.15) is 25.0 Å². The molecule has 8 aromatic rings. The number of hydrogen-bond acceptors (Lipinski definition) is 0. The van der Waals surface area contributed by atoms with Crippen molar-refractivity contribution in [1.82, 2.24) is 4.40 Å². The number of benzene rings is 5. The maximum absolute atomic E-state index is 2.62. The molecule has 0 spiro atoms. The number of pyridine rings is 2. The van der Waals surface area contributed by atoms with Crippen LogP contribution >= 0.6 is 0 Å². The summed E-state index contributed by atoms with van der Waals surface area (Å²) < 4.78 is 4.97. The van der Waals surface area contributed by atoms with Crippen LogP contribution in [0.3, 0.4) is 0 Å². The normalized spacial score (nSPS) is 12.4. The lowest BCUT2D eigenvalue weighted by Gasteiger charge is -2.20. The zero-order valence-electron chi connectivity index (χ0n) is 22.9. The number of fused-ring (bicyclic) bond motifs is 7. The Kier molecular flexibility index (Phi) is 4.65. The van der Waals surface area contributed by atoms with E-state index in [1.165, 1.54) is 82.0 Å². The van der Waals surface area contributed by atoms with Crippen LogP contribution in [-0.4, -0.2) is 4.40 Å². The van der Waals surface area contributed by atoms with Crippen molar-refractivity contribution in [2.75, 3.05) is 0 Å². The van der Waals surface area contributed by atoms with E-state index in [-0.39, 0.29) is 0 Å². The first kappa shape index (κ1) is 22.5. The van der Waals surface area contributed by atoms with Crippen molar-refractivity contribution in [1.29, 1.82) is 0 Å². The van der Waals surface area contributed by atoms with Gasteiger partial charge in [0, 0.05) is 16.8 Å². The number of aryl methyl sites for hydroxylation is 2. The standard InChI is InChI=1S/C37H31N2/c1-22(2)21-30-28-14-9-8-13-26(28)23(3)32-36(30)39-31-16-10-15-27(24-11-6-5-7-12-24)34(31)29-18-17-25-19-20-38(4)37(32)33(25)35(29)39/h5-20,22H,21H2,1-4H3/q+1. The van der Waals surface area contributed by atoms with Gasteiger partial charge in [-0.15, -0.1) is 0 Å². The Balaban J connectivity index is 1.77. The van der Waals surface area contributed by atoms with Crippen molar-refractivity contribution in [2.45, 2.75) is 27.2 Å². The fraction of sp³-hybridized carbons (Fsp3) is 0.162. The predicted molar refractivity (Wildman–Crippen MR) is 166 cm³/mol. The van der Waals surface area contributed by atoms with E-state index in [0.717, 1.165) is 6.42 Å². The van der Waals surface area contributed by atoms with E-state index in [9.17, 15) is 0 Å². The van der Waals surface area contributed by atoms with Crippen molar-refractivity contribution in [3.8, 4) is 11.1 Å². The molecule has 3 aromatic heterocycles. The third kappa shape index (κ3) is 2.95. The number of aromatic nitrogens is 2. The fourth-order valence-corrected chi connectivity index (χ4v) is 7.21. The van der Waals surface area contributed by atoms with Crippen LogP contribution in [0.2, 0.25) is 0 Å². The first-order valence-electron chi connectivity index (χ1n) is 14.0. The van der Waals surface area contributed by atoms with Gasteiger partial charge in [0.2, 0.25) is 5.52 Å². The molecule has 2 heteroatoms. The average Bonchev–Trinajstić information content (AvgIpc) is 3.30. The molecule has 0 aliphatic rings. The van der Waals surface area contributed by atoms with Crippen molar-refractivity contribution < 1.29 is 4.57 Å². The van der Waals surface area contributed by atoms with Crippen molar-refractivity contribution >= 4 is 59.8 Å². The monoisotopic (exact) mass is 503 g/mol. The Labute approximate surface area is 228 Å². The van der Waals surface area contributed by atoms with E-state index in [0.29, 0.717) is 5.92 Å². The minimum Gasteiger partial charge on any atom is -0.307 e. The molecule has 39 heavy (non-hydrogen) atoms. The first-order valence-corrected chi connectivity index (χ1v) is 14.0. The number of nitrogens with zero attached hydrogens (tertiary/aromatic N) is 2. The van der Waals surface area contributed by atoms with Crippen LogP contribution in [0.5, 0.6) is 0 Å². The van der Waals surface area contributed by atoms with Crippen molar-refractivity contribution in [3.63, 3.8) is 0 Å². The zero-order valence-corrected chi connectivity index (χ0v) is 22.9. The van der Waals surface area contributed by atoms with E-state index in [1.807, 2.05) is 0 Å². The lowest BCUT2D eigenvalue weighted by Crippen LogP contribution is -2.29. The maximum atomic E-state index is 2.62. The van der Waals surface area contributed by atoms with Crippen molar-refractivity contribution in [2.24, 2.45) is 13.0 Å². The van der Waals surface area contributed by atoms with E-state index in [2.05, 4.69) is 134 Å². The van der Waals surface area contributed by atoms with Crippen LogP contribution in [0.25, 0.3) is 70.9 Å². The Morgan fingerprint density at radius 2 is 1.46 bits per heavy atom. The molecule has 2 nitrogen and oxygen atoms in total. The van der Waals surface area contributed by atoms with Crippen LogP contribution in [0.15, 0.2) is 97.2 Å². The Morgan fingerprint density at radius 1 is 0.692 bits per heavy atom. The number of rotatable bonds is 3. The van der Waals surface area contributed by atoms with Gasteiger partial charge < -0.3 is 4.40 Å². The predicted octanol–water partition coefficient (Wildman–Crippen LogP) is 9.14. The molecular weight excluding hydrogens is 472 g/mol. The molecular formula is C37H31N2+. The Bertz CT molecular complexity index is 2230. The molecule has 0 radical (unpaired) electrons. The molecule has 3 heterocycles. The molecule has 0 aliphatic heterocycles. The smallest absolute Gasteiger partial charge is 0.224 e. The van der Waals surface area contributed by atoms with Gasteiger partial charge in [-0.3, -0.25) is 0 Å². The van der Waals surface area contributed by atoms with Gasteiger partial charge in [-0.05, 0) is 63.7 Å². The third-order valence-corrected chi connectivity index (χ3v) is 8.77. The molecule has 0 bridgehead atoms. The minimum atomic E-state index is 0.541. The van der Waals surface area contributed by atoms with Crippen molar-refractivity contribution in [3.05, 3.63) is 108 Å². The van der Waals surface area contributed by atoms with Crippen LogP contribution in [0, 0.1) is 12.8 Å². The van der Waals surface area contributed by atoms with E-state index in [1.54, 1.807) is 0 Å². The maximum Gasteiger partial charge on any atom is 0.224 e. The van der Waals surface area contributed by atoms with Gasteiger partial charge in [0.1, 0.15) is 7.05 Å². The molecule has 188 valence electrons. The summed E-state index contributed by atoms with van der Waals surface area (Å²) in [5, 5.41) is 9.44. The summed E-state index contributed by atoms with van der Waals surface area (Å²) in [6, 6.07) is 33.7. The Morgan fingerprint density at radius 3 is 2.26 bits per heavy atom. The summed E-state index contributed by atoms with van der Waals surface area (Å²) in [5.74, 6) is 0.541. The van der Waals surface area contributed by atoms with Crippen LogP contribution in [-0.2, 0) is 13.5 Å². The molecule has 8 rings (SSSR count). The second kappa shape index (κ2) is 8.04. The van der Waals surface area contributed by atoms with Gasteiger partial charge in [0.15, 0.2) is 6.20 Å². The summed E-state index contributed by atoms with van der Waals surface area (Å²) in [4.78, 5) is 0. The van der Waals surface area contributed by atoms with Crippen LogP contribution < -0.4 is 4.57 Å². The van der Waals surface area contributed by atoms with E-state index >= 15 is 0 Å². The number of hydrogen-bond donors (Lipinski definition) is 0. The lowest BCUT2D eigenvalue weighted by molar-refractivity contribution is -0.643. The molecule has 0 amide bonds. The van der Waals surface area contributed by atoms with Gasteiger partial charge in [-0.2, -0.15) is 0 Å². The highest BCUT2D eigenvalue weighted by molar-refractivity contribution is 6.30. The van der Waals surface area contributed by atoms with Gasteiger partial charge in [0.05, 0.1) is 27.3 Å². The molecule has 0 N–H and O–H groups in total. The quantitative estimate of drug-likeness (QED) is 0.129. The van der Waals surface area contributed by atoms with Gasteiger partial charge in [-0.1, -0.05) is 92.7 Å². The second-order valence-electron chi connectivity index (χ2n) is 11.6. The summed E-state index contributed by atoms with van der Waals surface area (Å²) in [5.41, 5.74) is 10.7. The summed E-state index contributed by atoms with van der Waals surface area (Å²) in [7, 11) is 2.21. The summed E-state index contributed by atoms with van der Waals surface area (Å²) in [6.45, 7) is 7.01. The fourth-order valence-electron chi connectivity index (χ4n) is 7.21.